The number of carbonyl (C=O) groups excluding carboxylic acids is 2. The molecule has 3 rings (SSSR count). The maximum Gasteiger partial charge on any atom is 0.264 e. The van der Waals surface area contributed by atoms with Crippen molar-refractivity contribution in [2.24, 2.45) is 5.92 Å². The summed E-state index contributed by atoms with van der Waals surface area (Å²) < 4.78 is 33.8. The van der Waals surface area contributed by atoms with Crippen LogP contribution in [0.3, 0.4) is 0 Å². The van der Waals surface area contributed by atoms with Gasteiger partial charge in [-0.25, -0.2) is 8.42 Å². The minimum atomic E-state index is -4.11. The molecule has 0 unspecified atom stereocenters. The second-order valence-corrected chi connectivity index (χ2v) is 11.5. The predicted molar refractivity (Wildman–Crippen MR) is 153 cm³/mol. The minimum Gasteiger partial charge on any atom is -0.497 e. The van der Waals surface area contributed by atoms with E-state index in [4.69, 9.17) is 4.74 Å². The third kappa shape index (κ3) is 8.07. The van der Waals surface area contributed by atoms with E-state index in [0.717, 1.165) is 9.87 Å². The van der Waals surface area contributed by atoms with Gasteiger partial charge in [0.15, 0.2) is 0 Å². The van der Waals surface area contributed by atoms with E-state index in [0.29, 0.717) is 24.4 Å². The first-order valence-electron chi connectivity index (χ1n) is 13.0. The van der Waals surface area contributed by atoms with Crippen LogP contribution in [-0.2, 0) is 26.0 Å². The van der Waals surface area contributed by atoms with Gasteiger partial charge in [-0.3, -0.25) is 13.9 Å². The Morgan fingerprint density at radius 2 is 1.46 bits per heavy atom. The second-order valence-electron chi connectivity index (χ2n) is 9.66. The molecule has 0 heterocycles. The SMILES string of the molecule is COc1ccc(S(=O)(=O)N(CC(=O)N(CCc2ccccc2)[C@@H](C)C(=O)NCC(C)C)c2ccccc2)cc1. The zero-order valence-electron chi connectivity index (χ0n) is 22.9. The predicted octanol–water partition coefficient (Wildman–Crippen LogP) is 4.12. The molecule has 0 bridgehead atoms. The van der Waals surface area contributed by atoms with Crippen LogP contribution in [0.5, 0.6) is 5.75 Å². The highest BCUT2D eigenvalue weighted by atomic mass is 32.2. The minimum absolute atomic E-state index is 0.0264. The van der Waals surface area contributed by atoms with Gasteiger partial charge < -0.3 is 15.0 Å². The van der Waals surface area contributed by atoms with Gasteiger partial charge >= 0.3 is 0 Å². The Bertz CT molecular complexity index is 1310. The topological polar surface area (TPSA) is 96.0 Å². The maximum absolute atomic E-state index is 13.8. The van der Waals surface area contributed by atoms with E-state index in [-0.39, 0.29) is 23.3 Å². The zero-order chi connectivity index (χ0) is 28.4. The van der Waals surface area contributed by atoms with E-state index in [1.54, 1.807) is 49.4 Å². The van der Waals surface area contributed by atoms with Crippen molar-refractivity contribution in [3.8, 4) is 5.75 Å². The van der Waals surface area contributed by atoms with Crippen LogP contribution in [0.25, 0.3) is 0 Å². The average molecular weight is 552 g/mol. The van der Waals surface area contributed by atoms with Gasteiger partial charge in [0.05, 0.1) is 17.7 Å². The number of anilines is 1. The number of nitrogens with one attached hydrogen (secondary N) is 1. The van der Waals surface area contributed by atoms with Crippen molar-refractivity contribution >= 4 is 27.5 Å². The first-order chi connectivity index (χ1) is 18.6. The van der Waals surface area contributed by atoms with Crippen molar-refractivity contribution in [2.75, 3.05) is 31.0 Å². The fourth-order valence-electron chi connectivity index (χ4n) is 4.02. The third-order valence-electron chi connectivity index (χ3n) is 6.31. The number of hydrogen-bond donors (Lipinski definition) is 1. The van der Waals surface area contributed by atoms with Crippen LogP contribution in [-0.4, -0.2) is 57.9 Å². The number of carbonyl (C=O) groups is 2. The summed E-state index contributed by atoms with van der Waals surface area (Å²) in [7, 11) is -2.61. The first-order valence-corrected chi connectivity index (χ1v) is 14.4. The number of rotatable bonds is 13. The van der Waals surface area contributed by atoms with E-state index in [2.05, 4.69) is 5.32 Å². The molecule has 208 valence electrons. The van der Waals surface area contributed by atoms with E-state index >= 15 is 0 Å². The molecule has 0 aliphatic heterocycles. The van der Waals surface area contributed by atoms with Crippen molar-refractivity contribution in [3.63, 3.8) is 0 Å². The molecule has 1 N–H and O–H groups in total. The van der Waals surface area contributed by atoms with Gasteiger partial charge in [0.2, 0.25) is 11.8 Å². The lowest BCUT2D eigenvalue weighted by molar-refractivity contribution is -0.138. The summed E-state index contributed by atoms with van der Waals surface area (Å²) in [6, 6.07) is 23.4. The Morgan fingerprint density at radius 3 is 2.03 bits per heavy atom. The molecule has 3 aromatic carbocycles. The van der Waals surface area contributed by atoms with Gasteiger partial charge in [-0.05, 0) is 61.2 Å². The largest absolute Gasteiger partial charge is 0.497 e. The molecule has 1 atom stereocenters. The fourth-order valence-corrected chi connectivity index (χ4v) is 5.43. The Balaban J connectivity index is 1.93. The monoisotopic (exact) mass is 551 g/mol. The number of amides is 2. The van der Waals surface area contributed by atoms with Crippen molar-refractivity contribution in [1.82, 2.24) is 10.2 Å². The quantitative estimate of drug-likeness (QED) is 0.345. The van der Waals surface area contributed by atoms with Crippen LogP contribution in [0.15, 0.2) is 89.8 Å². The fraction of sp³-hybridized carbons (Fsp3) is 0.333. The van der Waals surface area contributed by atoms with Gasteiger partial charge in [-0.15, -0.1) is 0 Å². The Kier molecular flexibility index (Phi) is 10.5. The van der Waals surface area contributed by atoms with Gasteiger partial charge in [0.1, 0.15) is 18.3 Å². The number of nitrogens with zero attached hydrogens (tertiary/aromatic N) is 2. The highest BCUT2D eigenvalue weighted by Crippen LogP contribution is 2.25. The summed E-state index contributed by atoms with van der Waals surface area (Å²) >= 11 is 0. The highest BCUT2D eigenvalue weighted by molar-refractivity contribution is 7.92. The summed E-state index contributed by atoms with van der Waals surface area (Å²) in [4.78, 5) is 28.3. The van der Waals surface area contributed by atoms with Crippen LogP contribution in [0, 0.1) is 5.92 Å². The number of para-hydroxylation sites is 1. The summed E-state index contributed by atoms with van der Waals surface area (Å²) in [5.41, 5.74) is 1.36. The first kappa shape index (κ1) is 29.7. The second kappa shape index (κ2) is 13.8. The number of benzene rings is 3. The number of ether oxygens (including phenoxy) is 1. The molecule has 0 aliphatic carbocycles. The molecule has 0 fully saturated rings. The molecule has 9 heteroatoms. The molecule has 2 amide bonds. The molecule has 3 aromatic rings. The van der Waals surface area contributed by atoms with Crippen molar-refractivity contribution in [3.05, 3.63) is 90.5 Å². The standard InChI is InChI=1S/C30H37N3O5S/c1-23(2)21-31-30(35)24(3)32(20-19-25-11-7-5-8-12-25)29(34)22-33(26-13-9-6-10-14-26)39(36,37)28-17-15-27(38-4)16-18-28/h5-18,23-24H,19-22H2,1-4H3,(H,31,35)/t24-/m0/s1. The van der Waals surface area contributed by atoms with Crippen LogP contribution >= 0.6 is 0 Å². The number of sulfonamides is 1. The lowest BCUT2D eigenvalue weighted by Gasteiger charge is -2.32. The van der Waals surface area contributed by atoms with E-state index in [1.807, 2.05) is 44.2 Å². The van der Waals surface area contributed by atoms with Gasteiger partial charge in [0.25, 0.3) is 10.0 Å². The smallest absolute Gasteiger partial charge is 0.264 e. The normalized spacial score (nSPS) is 12.0. The van der Waals surface area contributed by atoms with E-state index in [9.17, 15) is 18.0 Å². The Morgan fingerprint density at radius 1 is 0.872 bits per heavy atom. The number of methoxy groups -OCH3 is 1. The number of hydrogen-bond acceptors (Lipinski definition) is 5. The summed E-state index contributed by atoms with van der Waals surface area (Å²) in [6.45, 7) is 5.92. The summed E-state index contributed by atoms with van der Waals surface area (Å²) in [5, 5.41) is 2.89. The molecule has 8 nitrogen and oxygen atoms in total. The van der Waals surface area contributed by atoms with Gasteiger partial charge in [-0.2, -0.15) is 0 Å². The van der Waals surface area contributed by atoms with Crippen LogP contribution in [0.4, 0.5) is 5.69 Å². The van der Waals surface area contributed by atoms with Gasteiger partial charge in [0, 0.05) is 13.1 Å². The zero-order valence-corrected chi connectivity index (χ0v) is 23.7. The third-order valence-corrected chi connectivity index (χ3v) is 8.09. The highest BCUT2D eigenvalue weighted by Gasteiger charge is 2.32. The van der Waals surface area contributed by atoms with Crippen LogP contribution < -0.4 is 14.4 Å². The molecule has 0 aromatic heterocycles. The van der Waals surface area contributed by atoms with E-state index in [1.165, 1.54) is 24.1 Å². The molecule has 0 aliphatic rings. The summed E-state index contributed by atoms with van der Waals surface area (Å²) in [6.07, 6.45) is 0.519. The molecule has 0 radical (unpaired) electrons. The van der Waals surface area contributed by atoms with E-state index < -0.39 is 28.5 Å². The molecule has 0 saturated carbocycles. The Labute approximate surface area is 231 Å². The van der Waals surface area contributed by atoms with Crippen molar-refractivity contribution in [2.45, 2.75) is 38.1 Å². The van der Waals surface area contributed by atoms with Crippen molar-refractivity contribution < 1.29 is 22.7 Å². The lowest BCUT2D eigenvalue weighted by atomic mass is 10.1. The van der Waals surface area contributed by atoms with Gasteiger partial charge in [-0.1, -0.05) is 62.4 Å². The van der Waals surface area contributed by atoms with Crippen molar-refractivity contribution in [1.29, 1.82) is 0 Å². The molecule has 0 spiro atoms. The molecule has 39 heavy (non-hydrogen) atoms. The molecular formula is C30H37N3O5S. The van der Waals surface area contributed by atoms with Crippen LogP contribution in [0.2, 0.25) is 0 Å². The molecular weight excluding hydrogens is 514 g/mol. The maximum atomic E-state index is 13.8. The average Bonchev–Trinajstić information content (AvgIpc) is 2.95. The Hall–Kier alpha value is -3.85. The lowest BCUT2D eigenvalue weighted by Crippen LogP contribution is -2.52. The van der Waals surface area contributed by atoms with Crippen LogP contribution in [0.1, 0.15) is 26.3 Å². The summed E-state index contributed by atoms with van der Waals surface area (Å²) in [5.74, 6) is 0.0101. The molecule has 0 saturated heterocycles.